The van der Waals surface area contributed by atoms with Crippen molar-refractivity contribution in [2.45, 2.75) is 102 Å². The molecule has 0 bridgehead atoms. The minimum absolute atomic E-state index is 0.146. The Hall–Kier alpha value is 0.335. The van der Waals surface area contributed by atoms with E-state index < -0.39 is 90.1 Å². The van der Waals surface area contributed by atoms with Crippen LogP contribution in [-0.4, -0.2) is 204 Å². The predicted octanol–water partition coefficient (Wildman–Crippen LogP) is 2.63. The highest BCUT2D eigenvalue weighted by Gasteiger charge is 2.75. The van der Waals surface area contributed by atoms with E-state index in [1.807, 2.05) is 41.5 Å². The topological polar surface area (TPSA) is 38.9 Å². The van der Waals surface area contributed by atoms with Gasteiger partial charge in [0.25, 0.3) is 0 Å². The summed E-state index contributed by atoms with van der Waals surface area (Å²) in [7, 11) is -23.0. The fraction of sp³-hybridized carbons (Fsp3) is 1.00. The second-order valence-corrected chi connectivity index (χ2v) is 29.2. The summed E-state index contributed by atoms with van der Waals surface area (Å²) >= 11 is 0. The van der Waals surface area contributed by atoms with Gasteiger partial charge in [0.1, 0.15) is 0 Å². The van der Waals surface area contributed by atoms with Gasteiger partial charge in [0, 0.05) is 0 Å². The lowest BCUT2D eigenvalue weighted by Crippen LogP contribution is -3.01. The number of hydrogen-bond donors (Lipinski definition) is 0. The van der Waals surface area contributed by atoms with Crippen LogP contribution in [0.1, 0.15) is 62.3 Å². The van der Waals surface area contributed by atoms with E-state index in [1.54, 1.807) is 49.1 Å². The van der Waals surface area contributed by atoms with Crippen LogP contribution in [0.25, 0.3) is 0 Å². The van der Waals surface area contributed by atoms with Gasteiger partial charge in [-0.25, -0.2) is 0 Å². The molecule has 0 radical (unpaired) electrons. The molecule has 0 saturated carbocycles. The Morgan fingerprint density at radius 2 is 0.407 bits per heavy atom. The monoisotopic (exact) mass is 817 g/mol. The minimum atomic E-state index is -3.29. The summed E-state index contributed by atoms with van der Waals surface area (Å²) in [6, 6.07) is 0. The van der Waals surface area contributed by atoms with Crippen LogP contribution in [0.4, 0.5) is 25.9 Å². The standard InChI is InChI=1S/C24H63B9F6N12Si3/c1-16-40-25(34)43(19-4)31(44(20-5)26(40)35)49-52(10,11)50(32-45(21-6)27(36)41(17-2)28(37)46(32)22-7)54(14,15)51(53(49,12)13)33-47(23-8)29(38)42(18-3)30(39)48(33)24-9/h16-24H2,1-15H3. The van der Waals surface area contributed by atoms with E-state index in [4.69, 9.17) is 0 Å². The second-order valence-electron chi connectivity index (χ2n) is 16.0. The highest BCUT2D eigenvalue weighted by atomic mass is 28.5. The molecule has 300 valence electrons. The van der Waals surface area contributed by atoms with Gasteiger partial charge < -0.3 is 40.8 Å². The molecule has 4 rings (SSSR count). The highest BCUT2D eigenvalue weighted by Crippen LogP contribution is 2.46. The van der Waals surface area contributed by atoms with Crippen LogP contribution in [0.3, 0.4) is 0 Å². The third kappa shape index (κ3) is 7.21. The van der Waals surface area contributed by atoms with E-state index in [0.29, 0.717) is 0 Å². The van der Waals surface area contributed by atoms with Gasteiger partial charge in [0.2, 0.25) is 0 Å². The molecule has 4 heterocycles. The van der Waals surface area contributed by atoms with Crippen LogP contribution in [0.15, 0.2) is 0 Å². The molecule has 0 aromatic heterocycles. The Kier molecular flexibility index (Phi) is 15.6. The summed E-state index contributed by atoms with van der Waals surface area (Å²) in [5.74, 6) is 0. The largest absolute Gasteiger partial charge is 0.504 e. The summed E-state index contributed by atoms with van der Waals surface area (Å²) in [6.07, 6.45) is 0. The molecule has 12 nitrogen and oxygen atoms in total. The summed E-state index contributed by atoms with van der Waals surface area (Å²) < 4.78 is 121. The summed E-state index contributed by atoms with van der Waals surface area (Å²) in [5.41, 5.74) is 0. The lowest BCUT2D eigenvalue weighted by Gasteiger charge is -2.74. The van der Waals surface area contributed by atoms with Crippen LogP contribution in [0, 0.1) is 0 Å². The Bertz CT molecular complexity index is 1050. The maximum absolute atomic E-state index is 16.8. The van der Waals surface area contributed by atoms with E-state index in [9.17, 15) is 0 Å². The van der Waals surface area contributed by atoms with Crippen LogP contribution in [-0.2, 0) is 0 Å². The van der Waals surface area contributed by atoms with Crippen molar-refractivity contribution in [3.63, 3.8) is 0 Å². The van der Waals surface area contributed by atoms with Gasteiger partial charge in [-0.3, -0.25) is 40.1 Å². The van der Waals surface area contributed by atoms with Crippen LogP contribution < -0.4 is 0 Å². The van der Waals surface area contributed by atoms with E-state index in [0.717, 1.165) is 0 Å². The first-order valence-corrected chi connectivity index (χ1v) is 29.0. The summed E-state index contributed by atoms with van der Waals surface area (Å²) in [5, 5.41) is 0. The van der Waals surface area contributed by atoms with E-state index >= 15 is 25.9 Å². The molecule has 0 unspecified atom stereocenters. The fourth-order valence-electron chi connectivity index (χ4n) is 10.4. The predicted molar refractivity (Wildman–Crippen MR) is 228 cm³/mol. The maximum atomic E-state index is 16.8. The summed E-state index contributed by atoms with van der Waals surface area (Å²) in [4.78, 5) is 0. The van der Waals surface area contributed by atoms with Gasteiger partial charge in [-0.05, 0) is 98.2 Å². The molecular weight excluding hydrogens is 752 g/mol. The fourth-order valence-corrected chi connectivity index (χ4v) is 35.2. The smallest absolute Gasteiger partial charge is 0.337 e. The number of halogens is 6. The van der Waals surface area contributed by atoms with Crippen molar-refractivity contribution >= 4 is 90.1 Å². The Morgan fingerprint density at radius 1 is 0.278 bits per heavy atom. The van der Waals surface area contributed by atoms with Crippen LogP contribution >= 0.6 is 0 Å². The SMILES string of the molecule is CCN1B(F)N(CC)B(N2[Si](C)(C)N(B3N(CC)B(F)N(CC)B(F)N3CC)[Si](C)(C)N(B3N(CC)B(F)N(CC)B(F)N3CC)[Si]2(C)C)N(CC)B1F. The lowest BCUT2D eigenvalue weighted by atomic mass is 9.63. The first kappa shape index (κ1) is 47.0. The van der Waals surface area contributed by atoms with Gasteiger partial charge in [0.15, 0.2) is 25.2 Å². The normalized spacial score (nSPS) is 26.5. The van der Waals surface area contributed by atoms with E-state index in [1.165, 1.54) is 14.2 Å². The Balaban J connectivity index is 2.14. The molecule has 54 heavy (non-hydrogen) atoms. The molecule has 30 heteroatoms. The quantitative estimate of drug-likeness (QED) is 0.215. The average molecular weight is 815 g/mol. The molecule has 0 aromatic carbocycles. The molecular formula is C24H63B9F6N12Si3. The molecule has 4 saturated heterocycles. The van der Waals surface area contributed by atoms with Gasteiger partial charge in [-0.1, -0.05) is 62.3 Å². The Labute approximate surface area is 330 Å². The number of nitrogens with zero attached hydrogens (tertiary/aromatic N) is 12. The van der Waals surface area contributed by atoms with Crippen molar-refractivity contribution in [2.24, 2.45) is 0 Å². The average Bonchev–Trinajstić information content (AvgIpc) is 3.08. The van der Waals surface area contributed by atoms with Gasteiger partial charge in [-0.15, -0.1) is 0 Å². The Morgan fingerprint density at radius 3 is 0.519 bits per heavy atom. The zero-order chi connectivity index (χ0) is 41.0. The third-order valence-electron chi connectivity index (χ3n) is 12.6. The highest BCUT2D eigenvalue weighted by molar-refractivity contribution is 7.17. The second kappa shape index (κ2) is 17.9. The van der Waals surface area contributed by atoms with Crippen molar-refractivity contribution in [3.8, 4) is 0 Å². The van der Waals surface area contributed by atoms with Crippen molar-refractivity contribution < 1.29 is 25.9 Å². The lowest BCUT2D eigenvalue weighted by molar-refractivity contribution is 0.339. The van der Waals surface area contributed by atoms with E-state index in [2.05, 4.69) is 51.7 Å². The van der Waals surface area contributed by atoms with Gasteiger partial charge in [-0.2, -0.15) is 0 Å². The van der Waals surface area contributed by atoms with Gasteiger partial charge in [0.05, 0.1) is 0 Å². The molecule has 0 amide bonds. The summed E-state index contributed by atoms with van der Waals surface area (Å²) in [6.45, 7) is 31.2. The van der Waals surface area contributed by atoms with Crippen molar-refractivity contribution in [2.75, 3.05) is 58.9 Å². The molecule has 4 aliphatic rings. The zero-order valence-electron chi connectivity index (χ0n) is 35.7. The molecule has 0 atom stereocenters. The first-order chi connectivity index (χ1) is 25.2. The van der Waals surface area contributed by atoms with Gasteiger partial charge >= 0.3 is 64.9 Å². The van der Waals surface area contributed by atoms with Crippen LogP contribution in [0.2, 0.25) is 39.3 Å². The first-order valence-electron chi connectivity index (χ1n) is 20.3. The third-order valence-corrected chi connectivity index (χ3v) is 30.9. The number of rotatable bonds is 12. The van der Waals surface area contributed by atoms with E-state index in [-0.39, 0.29) is 58.9 Å². The molecule has 0 aromatic rings. The molecule has 0 spiro atoms. The van der Waals surface area contributed by atoms with Crippen molar-refractivity contribution in [1.82, 2.24) is 54.9 Å². The van der Waals surface area contributed by atoms with Crippen molar-refractivity contribution in [1.29, 1.82) is 0 Å². The van der Waals surface area contributed by atoms with Crippen molar-refractivity contribution in [3.05, 3.63) is 0 Å². The molecule has 4 fully saturated rings. The molecule has 4 aliphatic heterocycles. The number of hydrogen-bond acceptors (Lipinski definition) is 12. The van der Waals surface area contributed by atoms with Crippen LogP contribution in [0.5, 0.6) is 0 Å². The molecule has 0 N–H and O–H groups in total. The molecule has 0 aliphatic carbocycles. The minimum Gasteiger partial charge on any atom is -0.337 e. The zero-order valence-corrected chi connectivity index (χ0v) is 38.7. The maximum Gasteiger partial charge on any atom is 0.504 e.